The van der Waals surface area contributed by atoms with Crippen molar-refractivity contribution < 1.29 is 52.6 Å². The Hall–Kier alpha value is -4.89. The van der Waals surface area contributed by atoms with Gasteiger partial charge in [-0.1, -0.05) is 19.8 Å². The number of carbonyl (C=O) groups is 2. The zero-order valence-corrected chi connectivity index (χ0v) is 34.8. The van der Waals surface area contributed by atoms with Crippen LogP contribution in [0.25, 0.3) is 22.1 Å². The number of hydrogen-bond acceptors (Lipinski definition) is 16. The van der Waals surface area contributed by atoms with Crippen LogP contribution in [0.4, 0.5) is 17.6 Å². The summed E-state index contributed by atoms with van der Waals surface area (Å²) in [4.78, 5) is 81.6. The van der Waals surface area contributed by atoms with E-state index in [1.54, 1.807) is 6.92 Å². The van der Waals surface area contributed by atoms with Gasteiger partial charge in [0.25, 0.3) is 5.56 Å². The van der Waals surface area contributed by atoms with Crippen LogP contribution in [0.1, 0.15) is 101 Å². The number of amides is 1. The molecule has 4 aromatic rings. The van der Waals surface area contributed by atoms with Crippen molar-refractivity contribution in [3.05, 3.63) is 50.1 Å². The Morgan fingerprint density at radius 3 is 2.52 bits per heavy atom. The van der Waals surface area contributed by atoms with Gasteiger partial charge in [0.2, 0.25) is 17.8 Å². The molecule has 1 saturated heterocycles. The van der Waals surface area contributed by atoms with Gasteiger partial charge in [0.15, 0.2) is 17.4 Å². The summed E-state index contributed by atoms with van der Waals surface area (Å²) in [6, 6.07) is 5.35. The number of nitrogens with one attached hydrogen (secondary N) is 3. The van der Waals surface area contributed by atoms with Crippen LogP contribution in [0.15, 0.2) is 32.2 Å². The number of aliphatic hydroxyl groups is 2. The van der Waals surface area contributed by atoms with Crippen LogP contribution in [0.3, 0.4) is 0 Å². The van der Waals surface area contributed by atoms with Gasteiger partial charge in [0.1, 0.15) is 29.5 Å². The van der Waals surface area contributed by atoms with E-state index in [9.17, 15) is 34.0 Å². The van der Waals surface area contributed by atoms with Crippen molar-refractivity contribution in [3.8, 4) is 0 Å². The third kappa shape index (κ3) is 10.00. The van der Waals surface area contributed by atoms with Crippen molar-refractivity contribution >= 4 is 59.4 Å². The molecule has 5 atom stereocenters. The molecule has 6 rings (SSSR count). The first-order valence-electron chi connectivity index (χ1n) is 19.9. The average molecular weight is 861 g/mol. The van der Waals surface area contributed by atoms with Crippen LogP contribution >= 0.6 is 7.82 Å². The van der Waals surface area contributed by atoms with E-state index in [-0.39, 0.29) is 52.6 Å². The Balaban J connectivity index is 0.972. The predicted octanol–water partition coefficient (Wildman–Crippen LogP) is 2.37. The lowest BCUT2D eigenvalue weighted by Gasteiger charge is -2.47. The van der Waals surface area contributed by atoms with Gasteiger partial charge in [-0.2, -0.15) is 4.98 Å². The van der Waals surface area contributed by atoms with Crippen molar-refractivity contribution in [1.29, 1.82) is 0 Å². The summed E-state index contributed by atoms with van der Waals surface area (Å²) in [6.07, 6.45) is -1.13. The molecule has 9 N–H and O–H groups in total. The predicted molar refractivity (Wildman–Crippen MR) is 219 cm³/mol. The lowest BCUT2D eigenvalue weighted by Crippen LogP contribution is -2.49. The van der Waals surface area contributed by atoms with Crippen molar-refractivity contribution in [2.45, 2.75) is 109 Å². The zero-order chi connectivity index (χ0) is 43.5. The van der Waals surface area contributed by atoms with E-state index in [0.29, 0.717) is 49.9 Å². The second kappa shape index (κ2) is 18.4. The number of nitrogen functional groups attached to an aromatic ring is 1. The second-order valence-corrected chi connectivity index (χ2v) is 17.0. The summed E-state index contributed by atoms with van der Waals surface area (Å²) >= 11 is 0. The van der Waals surface area contributed by atoms with Gasteiger partial charge in [-0.3, -0.25) is 23.7 Å². The maximum atomic E-state index is 12.8. The van der Waals surface area contributed by atoms with Crippen molar-refractivity contribution in [1.82, 2.24) is 24.8 Å². The van der Waals surface area contributed by atoms with E-state index in [0.717, 1.165) is 36.9 Å². The highest BCUT2D eigenvalue weighted by Gasteiger charge is 2.46. The number of aromatic amines is 1. The fraction of sp³-hybridized carbons (Fsp3) is 0.579. The van der Waals surface area contributed by atoms with Crippen LogP contribution < -0.4 is 32.5 Å². The molecule has 22 heteroatoms. The molecule has 0 saturated carbocycles. The standard InChI is InChI=1S/C38H53N8O13P/c1-5-56-34(51)23-16-21-15-22-20(2)18-38(3,4)45(24(22)17-25(21)59-35(23)52)14-10-11-27(47)40-12-8-6-7-9-13-41-37-42-28-31(43-36(39)44-32(28)50)46(37)33-30(49)29(48)26(58-33)19-57-60(53,54)55/h15-17,20,26,29-30,33,48-49H,5-14,18-19H2,1-4H3,(H,40,47)(H,41,42)(H2,53,54,55)(H3,39,43,44,50)/t20?,26-,29-,30-,33-/m1/s1. The monoisotopic (exact) mass is 860 g/mol. The number of unbranched alkanes of at least 4 members (excludes halogenated alkanes) is 3. The molecular formula is C38H53N8O13P. The Morgan fingerprint density at radius 2 is 1.80 bits per heavy atom. The fourth-order valence-electron chi connectivity index (χ4n) is 8.01. The third-order valence-electron chi connectivity index (χ3n) is 10.8. The number of H-pyrrole nitrogens is 1. The molecule has 0 bridgehead atoms. The van der Waals surface area contributed by atoms with Gasteiger partial charge in [0, 0.05) is 48.7 Å². The van der Waals surface area contributed by atoms with Crippen LogP contribution in [-0.4, -0.2) is 108 Å². The first-order chi connectivity index (χ1) is 28.4. The van der Waals surface area contributed by atoms with E-state index in [2.05, 4.69) is 55.8 Å². The average Bonchev–Trinajstić information content (AvgIpc) is 3.66. The number of hydrogen-bond donors (Lipinski definition) is 8. The SMILES string of the molecule is CCOC(=O)c1cc2cc3c(cc2oc1=O)N(CCCC(=O)NCCCCCCNc1nc2c(=O)[nH]c(N)nc2n1[C@@H]1O[C@H](COP(=O)(O)O)[C@@H](O)[C@H]1O)C(C)(C)CC3C. The van der Waals surface area contributed by atoms with Crippen molar-refractivity contribution in [2.24, 2.45) is 0 Å². The zero-order valence-electron chi connectivity index (χ0n) is 33.9. The van der Waals surface area contributed by atoms with E-state index >= 15 is 0 Å². The van der Waals surface area contributed by atoms with E-state index < -0.39 is 56.1 Å². The number of rotatable bonds is 18. The Morgan fingerprint density at radius 1 is 1.07 bits per heavy atom. The van der Waals surface area contributed by atoms with Crippen LogP contribution in [0.2, 0.25) is 0 Å². The third-order valence-corrected chi connectivity index (χ3v) is 11.3. The number of benzene rings is 1. The molecular weight excluding hydrogens is 807 g/mol. The first kappa shape index (κ1) is 44.7. The van der Waals surface area contributed by atoms with Gasteiger partial charge in [-0.15, -0.1) is 0 Å². The number of aliphatic hydroxyl groups excluding tert-OH is 2. The molecule has 3 aromatic heterocycles. The van der Waals surface area contributed by atoms with Crippen LogP contribution in [0, 0.1) is 0 Å². The smallest absolute Gasteiger partial charge is 0.462 e. The number of nitrogens with two attached hydrogens (primary N) is 1. The molecule has 21 nitrogen and oxygen atoms in total. The van der Waals surface area contributed by atoms with Gasteiger partial charge in [-0.05, 0) is 70.1 Å². The molecule has 60 heavy (non-hydrogen) atoms. The molecule has 0 spiro atoms. The highest BCUT2D eigenvalue weighted by molar-refractivity contribution is 7.46. The first-order valence-corrected chi connectivity index (χ1v) is 21.5. The molecule has 328 valence electrons. The molecule has 1 amide bonds. The Kier molecular flexibility index (Phi) is 13.7. The van der Waals surface area contributed by atoms with Gasteiger partial charge in [0.05, 0.1) is 13.2 Å². The van der Waals surface area contributed by atoms with Gasteiger partial charge < -0.3 is 55.2 Å². The van der Waals surface area contributed by atoms with Gasteiger partial charge >= 0.3 is 19.4 Å². The number of fused-ring (bicyclic) bond motifs is 3. The molecule has 5 heterocycles. The summed E-state index contributed by atoms with van der Waals surface area (Å²) in [5.41, 5.74) is 6.22. The molecule has 2 aliphatic rings. The molecule has 0 aliphatic carbocycles. The van der Waals surface area contributed by atoms with Crippen molar-refractivity contribution in [3.63, 3.8) is 0 Å². The Bertz CT molecular complexity index is 2380. The normalized spacial score (nSPS) is 21.3. The maximum absolute atomic E-state index is 12.8. The fourth-order valence-corrected chi connectivity index (χ4v) is 8.35. The number of ether oxygens (including phenoxy) is 2. The van der Waals surface area contributed by atoms with Crippen LogP contribution in [-0.2, 0) is 23.4 Å². The summed E-state index contributed by atoms with van der Waals surface area (Å²) in [5.74, 6) is -0.715. The lowest BCUT2D eigenvalue weighted by molar-refractivity contribution is -0.121. The van der Waals surface area contributed by atoms with Crippen molar-refractivity contribution in [2.75, 3.05) is 48.8 Å². The summed E-state index contributed by atoms with van der Waals surface area (Å²) < 4.78 is 33.3. The molecule has 1 unspecified atom stereocenters. The van der Waals surface area contributed by atoms with E-state index in [1.807, 2.05) is 12.1 Å². The molecule has 1 aromatic carbocycles. The van der Waals surface area contributed by atoms with E-state index in [1.165, 1.54) is 10.6 Å². The maximum Gasteiger partial charge on any atom is 0.469 e. The minimum Gasteiger partial charge on any atom is -0.462 e. The molecule has 1 fully saturated rings. The molecule has 0 radical (unpaired) electrons. The number of phosphoric ester groups is 1. The van der Waals surface area contributed by atoms with Crippen LogP contribution in [0.5, 0.6) is 0 Å². The lowest BCUT2D eigenvalue weighted by atomic mass is 9.79. The number of aromatic nitrogens is 4. The number of carbonyl (C=O) groups excluding carboxylic acids is 2. The topological polar surface area (TPSA) is 307 Å². The molecule has 2 aliphatic heterocycles. The highest BCUT2D eigenvalue weighted by atomic mass is 31.2. The largest absolute Gasteiger partial charge is 0.469 e. The second-order valence-electron chi connectivity index (χ2n) is 15.7. The minimum absolute atomic E-state index is 0.0445. The number of esters is 1. The highest BCUT2D eigenvalue weighted by Crippen LogP contribution is 2.45. The van der Waals surface area contributed by atoms with Gasteiger partial charge in [-0.25, -0.2) is 19.1 Å². The minimum atomic E-state index is -4.89. The number of imidazole rings is 1. The quantitative estimate of drug-likeness (QED) is 0.0308. The van der Waals surface area contributed by atoms with E-state index in [4.69, 9.17) is 29.4 Å². The number of phosphoric acid groups is 1. The summed E-state index contributed by atoms with van der Waals surface area (Å²) in [7, 11) is -4.89. The summed E-state index contributed by atoms with van der Waals surface area (Å²) in [6.45, 7) is 9.03. The number of nitrogens with zero attached hydrogens (tertiary/aromatic N) is 4. The number of anilines is 3. The Labute approximate surface area is 343 Å². The summed E-state index contributed by atoms with van der Waals surface area (Å²) in [5, 5.41) is 28.1.